The first-order valence-corrected chi connectivity index (χ1v) is 7.19. The Labute approximate surface area is 114 Å². The van der Waals surface area contributed by atoms with Crippen molar-refractivity contribution in [2.75, 3.05) is 33.6 Å². The van der Waals surface area contributed by atoms with E-state index in [4.69, 9.17) is 9.47 Å². The molecule has 2 unspecified atom stereocenters. The monoisotopic (exact) mass is 269 g/mol. The Bertz CT molecular complexity index is 329. The lowest BCUT2D eigenvalue weighted by molar-refractivity contribution is 0.218. The molecule has 2 atom stereocenters. The fourth-order valence-corrected chi connectivity index (χ4v) is 3.02. The second-order valence-electron chi connectivity index (χ2n) is 4.11. The van der Waals surface area contributed by atoms with E-state index in [9.17, 15) is 0 Å². The largest absolute Gasteiger partial charge is 0.497 e. The van der Waals surface area contributed by atoms with E-state index in [0.717, 1.165) is 18.1 Å². The van der Waals surface area contributed by atoms with Crippen LogP contribution in [0.5, 0.6) is 5.75 Å². The van der Waals surface area contributed by atoms with Crippen LogP contribution in [0.25, 0.3) is 0 Å². The number of thioether (sulfide) groups is 1. The molecular formula is C14H23NO2S. The summed E-state index contributed by atoms with van der Waals surface area (Å²) in [6.45, 7) is 3.04. The third-order valence-electron chi connectivity index (χ3n) is 2.92. The highest BCUT2D eigenvalue weighted by Gasteiger charge is 2.17. The van der Waals surface area contributed by atoms with Gasteiger partial charge >= 0.3 is 0 Å². The maximum Gasteiger partial charge on any atom is 0.118 e. The molecule has 3 nitrogen and oxygen atoms in total. The molecule has 0 saturated carbocycles. The van der Waals surface area contributed by atoms with Crippen LogP contribution in [0.3, 0.4) is 0 Å². The number of nitrogens with one attached hydrogen (secondary N) is 1. The van der Waals surface area contributed by atoms with Crippen molar-refractivity contribution >= 4 is 11.8 Å². The highest BCUT2D eigenvalue weighted by atomic mass is 32.2. The molecule has 0 radical (unpaired) electrons. The summed E-state index contributed by atoms with van der Waals surface area (Å²) < 4.78 is 10.3. The summed E-state index contributed by atoms with van der Waals surface area (Å²) in [7, 11) is 5.43. The molecule has 0 spiro atoms. The minimum atomic E-state index is 0.345. The molecule has 0 saturated heterocycles. The Morgan fingerprint density at radius 3 is 2.39 bits per heavy atom. The van der Waals surface area contributed by atoms with Crippen LogP contribution in [-0.2, 0) is 4.74 Å². The summed E-state index contributed by atoms with van der Waals surface area (Å²) in [5, 5.41) is 3.88. The summed E-state index contributed by atoms with van der Waals surface area (Å²) in [5.41, 5.74) is 1.29. The molecule has 4 heteroatoms. The molecule has 0 amide bonds. The van der Waals surface area contributed by atoms with Gasteiger partial charge in [-0.3, -0.25) is 0 Å². The SMILES string of the molecule is CNC(c1ccc(OC)cc1)C(C)SCCOC. The molecule has 0 heterocycles. The molecule has 1 aromatic rings. The van der Waals surface area contributed by atoms with Crippen molar-refractivity contribution in [1.29, 1.82) is 0 Å². The molecule has 0 aliphatic rings. The Kier molecular flexibility index (Phi) is 7.16. The lowest BCUT2D eigenvalue weighted by Crippen LogP contribution is -2.25. The third-order valence-corrected chi connectivity index (χ3v) is 4.12. The van der Waals surface area contributed by atoms with Gasteiger partial charge in [-0.15, -0.1) is 0 Å². The molecule has 18 heavy (non-hydrogen) atoms. The van der Waals surface area contributed by atoms with E-state index in [0.29, 0.717) is 11.3 Å². The van der Waals surface area contributed by atoms with Crippen LogP contribution in [0.4, 0.5) is 0 Å². The van der Waals surface area contributed by atoms with Crippen LogP contribution in [-0.4, -0.2) is 38.9 Å². The molecule has 1 aromatic carbocycles. The van der Waals surface area contributed by atoms with Gasteiger partial charge in [0.1, 0.15) is 5.75 Å². The summed E-state index contributed by atoms with van der Waals surface area (Å²) in [6, 6.07) is 8.59. The number of hydrogen-bond acceptors (Lipinski definition) is 4. The fraction of sp³-hybridized carbons (Fsp3) is 0.571. The quantitative estimate of drug-likeness (QED) is 0.735. The van der Waals surface area contributed by atoms with E-state index in [1.807, 2.05) is 30.9 Å². The first kappa shape index (κ1) is 15.3. The van der Waals surface area contributed by atoms with Crippen LogP contribution >= 0.6 is 11.8 Å². The average Bonchev–Trinajstić information content (AvgIpc) is 2.41. The molecule has 0 aliphatic heterocycles. The number of hydrogen-bond donors (Lipinski definition) is 1. The maximum absolute atomic E-state index is 5.18. The van der Waals surface area contributed by atoms with Crippen molar-refractivity contribution in [2.24, 2.45) is 0 Å². The minimum absolute atomic E-state index is 0.345. The maximum atomic E-state index is 5.18. The zero-order chi connectivity index (χ0) is 13.4. The predicted molar refractivity (Wildman–Crippen MR) is 78.6 cm³/mol. The van der Waals surface area contributed by atoms with Gasteiger partial charge in [0.25, 0.3) is 0 Å². The Balaban J connectivity index is 2.62. The number of ether oxygens (including phenoxy) is 2. The molecule has 102 valence electrons. The molecular weight excluding hydrogens is 246 g/mol. The van der Waals surface area contributed by atoms with Crippen molar-refractivity contribution in [3.63, 3.8) is 0 Å². The Morgan fingerprint density at radius 2 is 1.89 bits per heavy atom. The van der Waals surface area contributed by atoms with Crippen LogP contribution in [0, 0.1) is 0 Å². The van der Waals surface area contributed by atoms with Crippen molar-refractivity contribution in [3.8, 4) is 5.75 Å². The van der Waals surface area contributed by atoms with E-state index in [2.05, 4.69) is 24.4 Å². The topological polar surface area (TPSA) is 30.5 Å². The fourth-order valence-electron chi connectivity index (χ4n) is 1.90. The second kappa shape index (κ2) is 8.40. The van der Waals surface area contributed by atoms with E-state index >= 15 is 0 Å². The molecule has 0 aliphatic carbocycles. The number of rotatable bonds is 8. The smallest absolute Gasteiger partial charge is 0.118 e. The molecule has 0 bridgehead atoms. The molecule has 1 rings (SSSR count). The highest BCUT2D eigenvalue weighted by Crippen LogP contribution is 2.27. The van der Waals surface area contributed by atoms with Crippen molar-refractivity contribution in [3.05, 3.63) is 29.8 Å². The van der Waals surface area contributed by atoms with E-state index in [1.165, 1.54) is 5.56 Å². The van der Waals surface area contributed by atoms with Gasteiger partial charge in [0.05, 0.1) is 13.7 Å². The molecule has 0 aromatic heterocycles. The van der Waals surface area contributed by atoms with Gasteiger partial charge in [-0.2, -0.15) is 11.8 Å². The van der Waals surface area contributed by atoms with Crippen molar-refractivity contribution < 1.29 is 9.47 Å². The summed E-state index contributed by atoms with van der Waals surface area (Å²) in [4.78, 5) is 0. The second-order valence-corrected chi connectivity index (χ2v) is 5.59. The lowest BCUT2D eigenvalue weighted by atomic mass is 10.0. The Morgan fingerprint density at radius 1 is 1.22 bits per heavy atom. The van der Waals surface area contributed by atoms with Gasteiger partial charge in [0.15, 0.2) is 0 Å². The zero-order valence-corrected chi connectivity index (χ0v) is 12.4. The van der Waals surface area contributed by atoms with Crippen LogP contribution in [0.15, 0.2) is 24.3 Å². The number of methoxy groups -OCH3 is 2. The van der Waals surface area contributed by atoms with Crippen LogP contribution < -0.4 is 10.1 Å². The standard InChI is InChI=1S/C14H23NO2S/c1-11(18-10-9-16-3)14(15-2)12-5-7-13(17-4)8-6-12/h5-8,11,14-15H,9-10H2,1-4H3. The average molecular weight is 269 g/mol. The van der Waals surface area contributed by atoms with Gasteiger partial charge in [-0.05, 0) is 24.7 Å². The third kappa shape index (κ3) is 4.52. The van der Waals surface area contributed by atoms with E-state index in [-0.39, 0.29) is 0 Å². The van der Waals surface area contributed by atoms with E-state index < -0.39 is 0 Å². The molecule has 0 fully saturated rings. The van der Waals surface area contributed by atoms with Crippen LogP contribution in [0.2, 0.25) is 0 Å². The first-order valence-electron chi connectivity index (χ1n) is 6.14. The zero-order valence-electron chi connectivity index (χ0n) is 11.6. The first-order chi connectivity index (χ1) is 8.72. The van der Waals surface area contributed by atoms with Gasteiger partial charge in [0.2, 0.25) is 0 Å². The minimum Gasteiger partial charge on any atom is -0.497 e. The van der Waals surface area contributed by atoms with Crippen LogP contribution in [0.1, 0.15) is 18.5 Å². The number of benzene rings is 1. The summed E-state index contributed by atoms with van der Waals surface area (Å²) in [5.74, 6) is 1.92. The van der Waals surface area contributed by atoms with Gasteiger partial charge in [0, 0.05) is 24.2 Å². The highest BCUT2D eigenvalue weighted by molar-refractivity contribution is 7.99. The molecule has 1 N–H and O–H groups in total. The van der Waals surface area contributed by atoms with Crippen molar-refractivity contribution in [1.82, 2.24) is 5.32 Å². The van der Waals surface area contributed by atoms with Gasteiger partial charge in [-0.25, -0.2) is 0 Å². The normalized spacial score (nSPS) is 14.2. The lowest BCUT2D eigenvalue weighted by Gasteiger charge is -2.23. The van der Waals surface area contributed by atoms with E-state index in [1.54, 1.807) is 14.2 Å². The predicted octanol–water partition coefficient (Wildman–Crippen LogP) is 2.72. The summed E-state index contributed by atoms with van der Waals surface area (Å²) in [6.07, 6.45) is 0. The van der Waals surface area contributed by atoms with Crippen molar-refractivity contribution in [2.45, 2.75) is 18.2 Å². The Hall–Kier alpha value is -0.710. The summed E-state index contributed by atoms with van der Waals surface area (Å²) >= 11 is 1.92. The van der Waals surface area contributed by atoms with Gasteiger partial charge < -0.3 is 14.8 Å². The van der Waals surface area contributed by atoms with Gasteiger partial charge in [-0.1, -0.05) is 19.1 Å².